The zero-order valence-corrected chi connectivity index (χ0v) is 7.83. The Morgan fingerprint density at radius 1 is 1.43 bits per heavy atom. The molecule has 1 N–H and O–H groups in total. The van der Waals surface area contributed by atoms with Crippen molar-refractivity contribution in [1.82, 2.24) is 0 Å². The average Bonchev–Trinajstić information content (AvgIpc) is 2.15. The first-order valence-electron chi connectivity index (χ1n) is 4.23. The van der Waals surface area contributed by atoms with Crippen LogP contribution < -0.4 is 4.74 Å². The van der Waals surface area contributed by atoms with E-state index >= 15 is 0 Å². The van der Waals surface area contributed by atoms with Gasteiger partial charge in [0.1, 0.15) is 24.3 Å². The molecule has 14 heavy (non-hydrogen) atoms. The molecule has 0 saturated heterocycles. The maximum atomic E-state index is 12.5. The van der Waals surface area contributed by atoms with E-state index in [1.54, 1.807) is 6.92 Å². The standard InChI is InChI=1S/C11H11FO2/c1-9(13)3-2-8-14-11-6-4-10(12)5-7-11/h4-7,9,13H,8H2,1H3. The molecule has 74 valence electrons. The van der Waals surface area contributed by atoms with Crippen molar-refractivity contribution in [2.24, 2.45) is 0 Å². The Kier molecular flexibility index (Phi) is 3.96. The number of rotatable bonds is 2. The molecule has 0 spiro atoms. The first-order chi connectivity index (χ1) is 6.68. The zero-order valence-electron chi connectivity index (χ0n) is 7.83. The summed E-state index contributed by atoms with van der Waals surface area (Å²) in [6.45, 7) is 1.77. The highest BCUT2D eigenvalue weighted by atomic mass is 19.1. The van der Waals surface area contributed by atoms with Crippen LogP contribution in [-0.4, -0.2) is 17.8 Å². The number of aliphatic hydroxyl groups is 1. The molecule has 0 aromatic heterocycles. The molecule has 1 atom stereocenters. The quantitative estimate of drug-likeness (QED) is 0.724. The highest BCUT2D eigenvalue weighted by Crippen LogP contribution is 2.10. The molecule has 3 heteroatoms. The Labute approximate surface area is 82.3 Å². The smallest absolute Gasteiger partial charge is 0.149 e. The SMILES string of the molecule is CC(O)C#CCOc1ccc(F)cc1. The van der Waals surface area contributed by atoms with Crippen molar-refractivity contribution in [3.05, 3.63) is 30.1 Å². The van der Waals surface area contributed by atoms with E-state index in [0.29, 0.717) is 5.75 Å². The molecule has 0 aliphatic rings. The average molecular weight is 194 g/mol. The van der Waals surface area contributed by atoms with Crippen molar-refractivity contribution in [2.75, 3.05) is 6.61 Å². The number of benzene rings is 1. The molecule has 0 bridgehead atoms. The molecular formula is C11H11FO2. The van der Waals surface area contributed by atoms with Gasteiger partial charge in [-0.1, -0.05) is 11.8 Å². The lowest BCUT2D eigenvalue weighted by molar-refractivity contribution is 0.253. The minimum absolute atomic E-state index is 0.191. The second kappa shape index (κ2) is 5.25. The van der Waals surface area contributed by atoms with Gasteiger partial charge in [-0.3, -0.25) is 0 Å². The highest BCUT2D eigenvalue weighted by Gasteiger charge is 1.92. The van der Waals surface area contributed by atoms with E-state index in [1.807, 2.05) is 0 Å². The summed E-state index contributed by atoms with van der Waals surface area (Å²) in [4.78, 5) is 0. The molecule has 1 unspecified atom stereocenters. The second-order valence-corrected chi connectivity index (χ2v) is 2.74. The van der Waals surface area contributed by atoms with Crippen LogP contribution in [0.2, 0.25) is 0 Å². The lowest BCUT2D eigenvalue weighted by atomic mass is 10.3. The third-order valence-electron chi connectivity index (χ3n) is 1.44. The Morgan fingerprint density at radius 2 is 2.07 bits per heavy atom. The van der Waals surface area contributed by atoms with E-state index in [4.69, 9.17) is 9.84 Å². The second-order valence-electron chi connectivity index (χ2n) is 2.74. The van der Waals surface area contributed by atoms with E-state index in [1.165, 1.54) is 24.3 Å². The van der Waals surface area contributed by atoms with Gasteiger partial charge in [-0.25, -0.2) is 4.39 Å². The summed E-state index contributed by atoms with van der Waals surface area (Å²) < 4.78 is 17.6. The molecule has 1 aromatic rings. The molecule has 2 nitrogen and oxygen atoms in total. The van der Waals surface area contributed by atoms with Gasteiger partial charge in [0.15, 0.2) is 0 Å². The van der Waals surface area contributed by atoms with E-state index in [-0.39, 0.29) is 12.4 Å². The van der Waals surface area contributed by atoms with E-state index in [2.05, 4.69) is 11.8 Å². The first kappa shape index (κ1) is 10.6. The lowest BCUT2D eigenvalue weighted by Gasteiger charge is -2.00. The van der Waals surface area contributed by atoms with E-state index < -0.39 is 6.10 Å². The maximum absolute atomic E-state index is 12.5. The van der Waals surface area contributed by atoms with Gasteiger partial charge in [0, 0.05) is 0 Å². The minimum Gasteiger partial charge on any atom is -0.481 e. The van der Waals surface area contributed by atoms with Crippen LogP contribution in [0.1, 0.15) is 6.92 Å². The van der Waals surface area contributed by atoms with Crippen LogP contribution in [0.5, 0.6) is 5.75 Å². The molecular weight excluding hydrogens is 183 g/mol. The molecule has 0 saturated carbocycles. The predicted octanol–water partition coefficient (Wildman–Crippen LogP) is 1.59. The van der Waals surface area contributed by atoms with E-state index in [9.17, 15) is 4.39 Å². The summed E-state index contributed by atoms with van der Waals surface area (Å²) in [5.74, 6) is 5.43. The van der Waals surface area contributed by atoms with Gasteiger partial charge < -0.3 is 9.84 Å². The lowest BCUT2D eigenvalue weighted by Crippen LogP contribution is -1.97. The fourth-order valence-electron chi connectivity index (χ4n) is 0.840. The van der Waals surface area contributed by atoms with Gasteiger partial charge >= 0.3 is 0 Å². The molecule has 0 aliphatic heterocycles. The van der Waals surface area contributed by atoms with Crippen LogP contribution >= 0.6 is 0 Å². The summed E-state index contributed by atoms with van der Waals surface area (Å²) in [6, 6.07) is 5.69. The fraction of sp³-hybridized carbons (Fsp3) is 0.273. The monoisotopic (exact) mass is 194 g/mol. The van der Waals surface area contributed by atoms with Gasteiger partial charge in [0.25, 0.3) is 0 Å². The summed E-state index contributed by atoms with van der Waals surface area (Å²) in [7, 11) is 0. The Hall–Kier alpha value is -1.53. The van der Waals surface area contributed by atoms with Gasteiger partial charge in [-0.2, -0.15) is 0 Å². The Bertz CT molecular complexity index is 333. The molecule has 0 fully saturated rings. The van der Waals surface area contributed by atoms with Crippen LogP contribution in [0.25, 0.3) is 0 Å². The van der Waals surface area contributed by atoms with Crippen molar-refractivity contribution < 1.29 is 14.2 Å². The van der Waals surface area contributed by atoms with Crippen molar-refractivity contribution in [3.8, 4) is 17.6 Å². The summed E-state index contributed by atoms with van der Waals surface area (Å²) in [5.41, 5.74) is 0. The van der Waals surface area contributed by atoms with Gasteiger partial charge in [0.05, 0.1) is 0 Å². The Balaban J connectivity index is 2.40. The number of aliphatic hydroxyl groups excluding tert-OH is 1. The van der Waals surface area contributed by atoms with Crippen molar-refractivity contribution in [2.45, 2.75) is 13.0 Å². The Morgan fingerprint density at radius 3 is 2.64 bits per heavy atom. The molecule has 0 amide bonds. The zero-order chi connectivity index (χ0) is 10.4. The van der Waals surface area contributed by atoms with Crippen molar-refractivity contribution in [3.63, 3.8) is 0 Å². The van der Waals surface area contributed by atoms with Crippen molar-refractivity contribution >= 4 is 0 Å². The first-order valence-corrected chi connectivity index (χ1v) is 4.23. The van der Waals surface area contributed by atoms with Crippen LogP contribution in [-0.2, 0) is 0 Å². The van der Waals surface area contributed by atoms with Crippen LogP contribution in [0.3, 0.4) is 0 Å². The molecule has 0 aliphatic carbocycles. The van der Waals surface area contributed by atoms with Crippen LogP contribution in [0.15, 0.2) is 24.3 Å². The van der Waals surface area contributed by atoms with E-state index in [0.717, 1.165) is 0 Å². The number of halogens is 1. The fourth-order valence-corrected chi connectivity index (χ4v) is 0.840. The molecule has 1 aromatic carbocycles. The number of hydrogen-bond donors (Lipinski definition) is 1. The van der Waals surface area contributed by atoms with Crippen LogP contribution in [0.4, 0.5) is 4.39 Å². The maximum Gasteiger partial charge on any atom is 0.149 e. The third kappa shape index (κ3) is 3.92. The van der Waals surface area contributed by atoms with Gasteiger partial charge in [-0.15, -0.1) is 0 Å². The van der Waals surface area contributed by atoms with Crippen LogP contribution in [0, 0.1) is 17.7 Å². The highest BCUT2D eigenvalue weighted by molar-refractivity contribution is 5.22. The summed E-state index contributed by atoms with van der Waals surface area (Å²) in [6.07, 6.45) is -0.646. The third-order valence-corrected chi connectivity index (χ3v) is 1.44. The van der Waals surface area contributed by atoms with Crippen molar-refractivity contribution in [1.29, 1.82) is 0 Å². The largest absolute Gasteiger partial charge is 0.481 e. The predicted molar refractivity (Wildman–Crippen MR) is 51.4 cm³/mol. The number of ether oxygens (including phenoxy) is 1. The number of hydrogen-bond acceptors (Lipinski definition) is 2. The molecule has 0 radical (unpaired) electrons. The molecule has 0 heterocycles. The topological polar surface area (TPSA) is 29.5 Å². The van der Waals surface area contributed by atoms with Gasteiger partial charge in [-0.05, 0) is 31.2 Å². The summed E-state index contributed by atoms with van der Waals surface area (Å²) in [5, 5.41) is 8.81. The van der Waals surface area contributed by atoms with Gasteiger partial charge in [0.2, 0.25) is 0 Å². The molecule has 1 rings (SSSR count). The normalized spacial score (nSPS) is 11.4. The summed E-state index contributed by atoms with van der Waals surface area (Å²) >= 11 is 0. The minimum atomic E-state index is -0.646.